The number of halogens is 2. The van der Waals surface area contributed by atoms with Crippen molar-refractivity contribution in [3.63, 3.8) is 0 Å². The third-order valence-corrected chi connectivity index (χ3v) is 5.31. The van der Waals surface area contributed by atoms with Gasteiger partial charge in [-0.05, 0) is 30.3 Å². The molecule has 2 aliphatic rings. The highest BCUT2D eigenvalue weighted by Gasteiger charge is 2.25. The minimum atomic E-state index is -0.996. The summed E-state index contributed by atoms with van der Waals surface area (Å²) in [6.45, 7) is 5.64. The van der Waals surface area contributed by atoms with Gasteiger partial charge in [0.2, 0.25) is 0 Å². The molecular weight excluding hydrogens is 364 g/mol. The van der Waals surface area contributed by atoms with E-state index in [1.165, 1.54) is 11.8 Å². The fraction of sp³-hybridized carbons (Fsp3) is 0.381. The van der Waals surface area contributed by atoms with Gasteiger partial charge < -0.3 is 19.4 Å². The zero-order valence-corrected chi connectivity index (χ0v) is 15.6. The van der Waals surface area contributed by atoms with Gasteiger partial charge in [0.25, 0.3) is 5.91 Å². The quantitative estimate of drug-likeness (QED) is 0.812. The molecule has 0 aliphatic carbocycles. The van der Waals surface area contributed by atoms with Crippen LogP contribution in [0.1, 0.15) is 10.4 Å². The molecule has 4 rings (SSSR count). The largest absolute Gasteiger partial charge is 0.378 e. The van der Waals surface area contributed by atoms with Crippen LogP contribution in [0.15, 0.2) is 42.5 Å². The monoisotopic (exact) mass is 387 g/mol. The van der Waals surface area contributed by atoms with Crippen LogP contribution >= 0.6 is 0 Å². The van der Waals surface area contributed by atoms with Gasteiger partial charge in [0.15, 0.2) is 11.6 Å². The van der Waals surface area contributed by atoms with Gasteiger partial charge in [-0.1, -0.05) is 12.1 Å². The van der Waals surface area contributed by atoms with E-state index in [9.17, 15) is 13.6 Å². The Morgan fingerprint density at radius 1 is 0.786 bits per heavy atom. The Morgan fingerprint density at radius 3 is 2.00 bits per heavy atom. The van der Waals surface area contributed by atoms with Crippen LogP contribution in [0, 0.1) is 11.6 Å². The van der Waals surface area contributed by atoms with E-state index in [4.69, 9.17) is 4.74 Å². The van der Waals surface area contributed by atoms with Crippen LogP contribution in [0.4, 0.5) is 20.2 Å². The number of ether oxygens (including phenoxy) is 1. The van der Waals surface area contributed by atoms with Gasteiger partial charge in [-0.25, -0.2) is 8.78 Å². The predicted molar refractivity (Wildman–Crippen MR) is 104 cm³/mol. The zero-order valence-electron chi connectivity index (χ0n) is 15.6. The number of para-hydroxylation sites is 2. The molecule has 2 fully saturated rings. The van der Waals surface area contributed by atoms with E-state index in [0.29, 0.717) is 26.2 Å². The molecule has 2 aromatic rings. The number of carbonyl (C=O) groups excluding carboxylic acids is 1. The zero-order chi connectivity index (χ0) is 19.5. The predicted octanol–water partition coefficient (Wildman–Crippen LogP) is 2.76. The Balaban J connectivity index is 1.44. The van der Waals surface area contributed by atoms with Crippen LogP contribution in [0.5, 0.6) is 0 Å². The Bertz CT molecular complexity index is 847. The first-order valence-corrected chi connectivity index (χ1v) is 9.54. The number of benzene rings is 2. The second-order valence-electron chi connectivity index (χ2n) is 7.00. The number of nitrogens with zero attached hydrogens (tertiary/aromatic N) is 3. The summed E-state index contributed by atoms with van der Waals surface area (Å²) in [7, 11) is 0. The van der Waals surface area contributed by atoms with Gasteiger partial charge in [0.1, 0.15) is 0 Å². The summed E-state index contributed by atoms with van der Waals surface area (Å²) in [5.41, 5.74) is 2.52. The molecule has 1 amide bonds. The highest BCUT2D eigenvalue weighted by atomic mass is 19.2. The SMILES string of the molecule is O=C(c1ccc(F)c(F)c1)N1CCN(c2ccccc2N2CCOCC2)CC1. The fourth-order valence-electron chi connectivity index (χ4n) is 3.77. The van der Waals surface area contributed by atoms with Gasteiger partial charge in [-0.15, -0.1) is 0 Å². The Labute approximate surface area is 163 Å². The smallest absolute Gasteiger partial charge is 0.254 e. The molecule has 2 aliphatic heterocycles. The molecule has 28 heavy (non-hydrogen) atoms. The van der Waals surface area contributed by atoms with Crippen molar-refractivity contribution in [3.05, 3.63) is 59.7 Å². The van der Waals surface area contributed by atoms with E-state index in [-0.39, 0.29) is 11.5 Å². The van der Waals surface area contributed by atoms with E-state index in [1.54, 1.807) is 4.90 Å². The third kappa shape index (κ3) is 3.80. The Hall–Kier alpha value is -2.67. The molecule has 0 saturated carbocycles. The summed E-state index contributed by atoms with van der Waals surface area (Å²) < 4.78 is 32.0. The fourth-order valence-corrected chi connectivity index (χ4v) is 3.77. The summed E-state index contributed by atoms with van der Waals surface area (Å²) in [6.07, 6.45) is 0. The molecule has 7 heteroatoms. The van der Waals surface area contributed by atoms with Crippen LogP contribution in [0.25, 0.3) is 0 Å². The molecule has 148 valence electrons. The van der Waals surface area contributed by atoms with E-state index in [2.05, 4.69) is 21.9 Å². The van der Waals surface area contributed by atoms with Crippen LogP contribution in [0.2, 0.25) is 0 Å². The Kier molecular flexibility index (Phi) is 5.43. The number of amides is 1. The van der Waals surface area contributed by atoms with Gasteiger partial charge >= 0.3 is 0 Å². The number of carbonyl (C=O) groups is 1. The number of hydrogen-bond donors (Lipinski definition) is 0. The normalized spacial score (nSPS) is 17.7. The van der Waals surface area contributed by atoms with Crippen molar-refractivity contribution < 1.29 is 18.3 Å². The maximum absolute atomic E-state index is 13.4. The number of anilines is 2. The van der Waals surface area contributed by atoms with Gasteiger partial charge in [-0.3, -0.25) is 4.79 Å². The average Bonchev–Trinajstić information content (AvgIpc) is 2.76. The molecule has 0 bridgehead atoms. The van der Waals surface area contributed by atoms with Gasteiger partial charge in [0.05, 0.1) is 24.6 Å². The first-order chi connectivity index (χ1) is 13.6. The third-order valence-electron chi connectivity index (χ3n) is 5.31. The number of rotatable bonds is 3. The van der Waals surface area contributed by atoms with Crippen molar-refractivity contribution in [3.8, 4) is 0 Å². The van der Waals surface area contributed by atoms with Crippen LogP contribution in [0.3, 0.4) is 0 Å². The van der Waals surface area contributed by atoms with Gasteiger partial charge in [0, 0.05) is 44.8 Å². The molecule has 0 radical (unpaired) electrons. The molecular formula is C21H23F2N3O2. The summed E-state index contributed by atoms with van der Waals surface area (Å²) in [5.74, 6) is -2.20. The maximum Gasteiger partial charge on any atom is 0.254 e. The standard InChI is InChI=1S/C21H23F2N3O2/c22-17-6-5-16(15-18(17)23)21(27)26-9-7-24(8-10-26)19-3-1-2-4-20(19)25-11-13-28-14-12-25/h1-6,15H,7-14H2. The molecule has 2 saturated heterocycles. The van der Waals surface area contributed by atoms with Crippen LogP contribution in [-0.4, -0.2) is 63.3 Å². The minimum Gasteiger partial charge on any atom is -0.378 e. The molecule has 2 aromatic carbocycles. The van der Waals surface area contributed by atoms with E-state index in [0.717, 1.165) is 44.1 Å². The summed E-state index contributed by atoms with van der Waals surface area (Å²) >= 11 is 0. The minimum absolute atomic E-state index is 0.182. The summed E-state index contributed by atoms with van der Waals surface area (Å²) in [5, 5.41) is 0. The van der Waals surface area contributed by atoms with Crippen molar-refractivity contribution in [2.24, 2.45) is 0 Å². The lowest BCUT2D eigenvalue weighted by Gasteiger charge is -2.39. The number of piperazine rings is 1. The second-order valence-corrected chi connectivity index (χ2v) is 7.00. The lowest BCUT2D eigenvalue weighted by Crippen LogP contribution is -2.49. The molecule has 2 heterocycles. The van der Waals surface area contributed by atoms with E-state index < -0.39 is 11.6 Å². The molecule has 0 aromatic heterocycles. The topological polar surface area (TPSA) is 36.0 Å². The van der Waals surface area contributed by atoms with Crippen molar-refractivity contribution >= 4 is 17.3 Å². The van der Waals surface area contributed by atoms with Crippen LogP contribution in [-0.2, 0) is 4.74 Å². The first kappa shape index (κ1) is 18.7. The van der Waals surface area contributed by atoms with Crippen LogP contribution < -0.4 is 9.80 Å². The van der Waals surface area contributed by atoms with E-state index in [1.807, 2.05) is 12.1 Å². The van der Waals surface area contributed by atoms with Crippen molar-refractivity contribution in [2.75, 3.05) is 62.3 Å². The summed E-state index contributed by atoms with van der Waals surface area (Å²) in [4.78, 5) is 18.9. The van der Waals surface area contributed by atoms with Crippen molar-refractivity contribution in [2.45, 2.75) is 0 Å². The van der Waals surface area contributed by atoms with E-state index >= 15 is 0 Å². The lowest BCUT2D eigenvalue weighted by molar-refractivity contribution is 0.0746. The molecule has 0 spiro atoms. The summed E-state index contributed by atoms with van der Waals surface area (Å²) in [6, 6.07) is 11.6. The molecule has 0 atom stereocenters. The lowest BCUT2D eigenvalue weighted by atomic mass is 10.1. The number of hydrogen-bond acceptors (Lipinski definition) is 4. The molecule has 0 unspecified atom stereocenters. The highest BCUT2D eigenvalue weighted by molar-refractivity contribution is 5.94. The second kappa shape index (κ2) is 8.14. The van der Waals surface area contributed by atoms with Crippen molar-refractivity contribution in [1.29, 1.82) is 0 Å². The van der Waals surface area contributed by atoms with Gasteiger partial charge in [-0.2, -0.15) is 0 Å². The average molecular weight is 387 g/mol. The Morgan fingerprint density at radius 2 is 1.39 bits per heavy atom. The molecule has 0 N–H and O–H groups in total. The highest BCUT2D eigenvalue weighted by Crippen LogP contribution is 2.30. The maximum atomic E-state index is 13.4. The van der Waals surface area contributed by atoms with Crippen molar-refractivity contribution in [1.82, 2.24) is 4.90 Å². The molecule has 5 nitrogen and oxygen atoms in total. The number of morpholine rings is 1. The first-order valence-electron chi connectivity index (χ1n) is 9.54.